The Morgan fingerprint density at radius 3 is 2.56 bits per heavy atom. The van der Waals surface area contributed by atoms with Crippen molar-refractivity contribution in [3.8, 4) is 11.5 Å². The Balaban J connectivity index is 1.63. The Morgan fingerprint density at radius 2 is 1.85 bits per heavy atom. The predicted octanol–water partition coefficient (Wildman–Crippen LogP) is 5.67. The quantitative estimate of drug-likeness (QED) is 0.406. The van der Waals surface area contributed by atoms with E-state index in [1.165, 1.54) is 6.08 Å². The lowest BCUT2D eigenvalue weighted by molar-refractivity contribution is -0.143. The summed E-state index contributed by atoms with van der Waals surface area (Å²) in [6.45, 7) is 3.66. The Labute approximate surface area is 166 Å². The van der Waals surface area contributed by atoms with Gasteiger partial charge in [-0.2, -0.15) is 0 Å². The van der Waals surface area contributed by atoms with E-state index >= 15 is 0 Å². The van der Waals surface area contributed by atoms with E-state index < -0.39 is 12.1 Å². The summed E-state index contributed by atoms with van der Waals surface area (Å²) in [6.07, 6.45) is 2.21. The molecule has 138 valence electrons. The van der Waals surface area contributed by atoms with Crippen molar-refractivity contribution in [3.05, 3.63) is 75.6 Å². The smallest absolute Gasteiger partial charge is 0.331 e. The molecule has 0 radical (unpaired) electrons. The zero-order valence-corrected chi connectivity index (χ0v) is 16.2. The van der Waals surface area contributed by atoms with Gasteiger partial charge in [0.15, 0.2) is 6.10 Å². The molecule has 0 saturated heterocycles. The number of hydrogen-bond donors (Lipinski definition) is 0. The summed E-state index contributed by atoms with van der Waals surface area (Å²) in [6, 6.07) is 12.7. The molecule has 27 heavy (non-hydrogen) atoms. The van der Waals surface area contributed by atoms with Gasteiger partial charge in [0.1, 0.15) is 0 Å². The van der Waals surface area contributed by atoms with Gasteiger partial charge >= 0.3 is 5.97 Å². The van der Waals surface area contributed by atoms with Gasteiger partial charge in [0.05, 0.1) is 10.0 Å². The molecule has 3 rings (SSSR count). The largest absolute Gasteiger partial charge is 0.449 e. The molecule has 1 aromatic heterocycles. The van der Waals surface area contributed by atoms with Crippen LogP contribution in [0.1, 0.15) is 30.0 Å². The molecule has 1 heterocycles. The molecular weight excluding hydrogens is 387 g/mol. The average Bonchev–Trinajstić information content (AvgIpc) is 3.13. The van der Waals surface area contributed by atoms with Gasteiger partial charge < -0.3 is 9.15 Å². The third-order valence-corrected chi connectivity index (χ3v) is 4.47. The second-order valence-electron chi connectivity index (χ2n) is 5.90. The Morgan fingerprint density at radius 1 is 1.11 bits per heavy atom. The molecule has 0 bridgehead atoms. The van der Waals surface area contributed by atoms with E-state index in [0.717, 1.165) is 16.7 Å². The highest BCUT2D eigenvalue weighted by atomic mass is 35.5. The predicted molar refractivity (Wildman–Crippen MR) is 104 cm³/mol. The highest BCUT2D eigenvalue weighted by Crippen LogP contribution is 2.24. The second-order valence-corrected chi connectivity index (χ2v) is 6.71. The van der Waals surface area contributed by atoms with Crippen molar-refractivity contribution in [2.75, 3.05) is 0 Å². The standard InChI is InChI=1S/C20H16Cl2N2O3/c1-12-3-7-15(8-4-12)20-24-23-19(27-20)13(2)26-18(25)10-6-14-5-9-16(21)17(22)11-14/h3-11,13H,1-2H3/b10-6+/t13-/m1/s1. The number of carbonyl (C=O) groups is 1. The van der Waals surface area contributed by atoms with E-state index in [-0.39, 0.29) is 5.89 Å². The maximum absolute atomic E-state index is 12.0. The van der Waals surface area contributed by atoms with Gasteiger partial charge in [0, 0.05) is 11.6 Å². The number of aryl methyl sites for hydroxylation is 1. The number of rotatable bonds is 5. The van der Waals surface area contributed by atoms with Crippen molar-refractivity contribution in [1.29, 1.82) is 0 Å². The van der Waals surface area contributed by atoms with Crippen LogP contribution in [0.2, 0.25) is 10.0 Å². The van der Waals surface area contributed by atoms with Crippen LogP contribution in [0.5, 0.6) is 0 Å². The van der Waals surface area contributed by atoms with Crippen molar-refractivity contribution in [2.45, 2.75) is 20.0 Å². The number of esters is 1. The van der Waals surface area contributed by atoms with Crippen molar-refractivity contribution < 1.29 is 13.9 Å². The lowest BCUT2D eigenvalue weighted by atomic mass is 10.1. The fraction of sp³-hybridized carbons (Fsp3) is 0.150. The molecule has 2 aromatic carbocycles. The number of aromatic nitrogens is 2. The molecule has 7 heteroatoms. The van der Waals surface area contributed by atoms with Crippen LogP contribution in [-0.4, -0.2) is 16.2 Å². The summed E-state index contributed by atoms with van der Waals surface area (Å²) in [4.78, 5) is 12.0. The lowest BCUT2D eigenvalue weighted by Crippen LogP contribution is -2.06. The first kappa shape index (κ1) is 19.1. The molecule has 0 aliphatic rings. The number of carbonyl (C=O) groups excluding carboxylic acids is 1. The molecule has 0 saturated carbocycles. The van der Waals surface area contributed by atoms with E-state index in [1.807, 2.05) is 31.2 Å². The van der Waals surface area contributed by atoms with E-state index in [1.54, 1.807) is 31.2 Å². The van der Waals surface area contributed by atoms with Crippen LogP contribution >= 0.6 is 23.2 Å². The maximum atomic E-state index is 12.0. The fourth-order valence-corrected chi connectivity index (χ4v) is 2.56. The van der Waals surface area contributed by atoms with Crippen LogP contribution in [0.4, 0.5) is 0 Å². The molecule has 3 aromatic rings. The summed E-state index contributed by atoms with van der Waals surface area (Å²) in [7, 11) is 0. The SMILES string of the molecule is Cc1ccc(-c2nnc([C@@H](C)OC(=O)/C=C/c3ccc(Cl)c(Cl)c3)o2)cc1. The fourth-order valence-electron chi connectivity index (χ4n) is 2.26. The van der Waals surface area contributed by atoms with Crippen LogP contribution in [0.25, 0.3) is 17.5 Å². The summed E-state index contributed by atoms with van der Waals surface area (Å²) in [5, 5.41) is 8.82. The maximum Gasteiger partial charge on any atom is 0.331 e. The minimum Gasteiger partial charge on any atom is -0.449 e. The van der Waals surface area contributed by atoms with Crippen LogP contribution < -0.4 is 0 Å². The summed E-state index contributed by atoms with van der Waals surface area (Å²) in [5.74, 6) is 0.0600. The molecule has 1 atom stereocenters. The number of nitrogens with zero attached hydrogens (tertiary/aromatic N) is 2. The third-order valence-electron chi connectivity index (χ3n) is 3.74. The van der Waals surface area contributed by atoms with Gasteiger partial charge in [-0.3, -0.25) is 0 Å². The van der Waals surface area contributed by atoms with Crippen molar-refractivity contribution in [3.63, 3.8) is 0 Å². The molecular formula is C20H16Cl2N2O3. The topological polar surface area (TPSA) is 65.2 Å². The normalized spacial score (nSPS) is 12.3. The molecule has 0 fully saturated rings. The monoisotopic (exact) mass is 402 g/mol. The van der Waals surface area contributed by atoms with Crippen LogP contribution in [0.15, 0.2) is 53.0 Å². The first-order valence-corrected chi connectivity index (χ1v) is 8.92. The first-order chi connectivity index (χ1) is 12.9. The van der Waals surface area contributed by atoms with Gasteiger partial charge in [-0.05, 0) is 49.8 Å². The lowest BCUT2D eigenvalue weighted by Gasteiger charge is -2.06. The Kier molecular flexibility index (Phi) is 5.94. The molecule has 0 spiro atoms. The number of benzene rings is 2. The van der Waals surface area contributed by atoms with Gasteiger partial charge in [0.25, 0.3) is 5.89 Å². The van der Waals surface area contributed by atoms with Gasteiger partial charge in [-0.15, -0.1) is 10.2 Å². The molecule has 0 aliphatic heterocycles. The van der Waals surface area contributed by atoms with Crippen molar-refractivity contribution in [1.82, 2.24) is 10.2 Å². The van der Waals surface area contributed by atoms with Gasteiger partial charge in [0.2, 0.25) is 5.89 Å². The number of hydrogen-bond acceptors (Lipinski definition) is 5. The van der Waals surface area contributed by atoms with E-state index in [2.05, 4.69) is 10.2 Å². The van der Waals surface area contributed by atoms with E-state index in [9.17, 15) is 4.79 Å². The van der Waals surface area contributed by atoms with Crippen molar-refractivity contribution >= 4 is 35.2 Å². The first-order valence-electron chi connectivity index (χ1n) is 8.16. The summed E-state index contributed by atoms with van der Waals surface area (Å²) < 4.78 is 10.9. The van der Waals surface area contributed by atoms with Crippen LogP contribution in [-0.2, 0) is 9.53 Å². The minimum absolute atomic E-state index is 0.224. The van der Waals surface area contributed by atoms with E-state index in [4.69, 9.17) is 32.4 Å². The van der Waals surface area contributed by atoms with Crippen LogP contribution in [0.3, 0.4) is 0 Å². The van der Waals surface area contributed by atoms with Crippen LogP contribution in [0, 0.1) is 6.92 Å². The molecule has 0 aliphatic carbocycles. The zero-order chi connectivity index (χ0) is 19.4. The Bertz CT molecular complexity index is 981. The summed E-state index contributed by atoms with van der Waals surface area (Å²) in [5.41, 5.74) is 2.67. The Hall–Kier alpha value is -2.63. The van der Waals surface area contributed by atoms with Gasteiger partial charge in [-0.1, -0.05) is 47.0 Å². The van der Waals surface area contributed by atoms with Gasteiger partial charge in [-0.25, -0.2) is 4.79 Å². The number of halogens is 2. The third kappa shape index (κ3) is 4.96. The molecule has 0 amide bonds. The second kappa shape index (κ2) is 8.37. The minimum atomic E-state index is -0.678. The molecule has 0 unspecified atom stereocenters. The van der Waals surface area contributed by atoms with Crippen molar-refractivity contribution in [2.24, 2.45) is 0 Å². The summed E-state index contributed by atoms with van der Waals surface area (Å²) >= 11 is 11.8. The highest BCUT2D eigenvalue weighted by Gasteiger charge is 2.18. The highest BCUT2D eigenvalue weighted by molar-refractivity contribution is 6.42. The molecule has 0 N–H and O–H groups in total. The molecule has 5 nitrogen and oxygen atoms in total. The van der Waals surface area contributed by atoms with E-state index in [0.29, 0.717) is 15.9 Å². The number of ether oxygens (including phenoxy) is 1. The average molecular weight is 403 g/mol. The zero-order valence-electron chi connectivity index (χ0n) is 14.6.